The molecule has 2 atom stereocenters. The molecule has 5 aromatic rings. The number of fused-ring (bicyclic) bond motifs is 1. The van der Waals surface area contributed by atoms with E-state index in [-0.39, 0.29) is 78.2 Å². The Bertz CT molecular complexity index is 1930. The van der Waals surface area contributed by atoms with E-state index in [0.717, 1.165) is 16.9 Å². The normalized spacial score (nSPS) is 15.4. The number of methoxy groups -OCH3 is 1. The second-order valence-corrected chi connectivity index (χ2v) is 11.0. The number of rotatable bonds is 4. The predicted molar refractivity (Wildman–Crippen MR) is 155 cm³/mol. The molecule has 1 aliphatic heterocycles. The van der Waals surface area contributed by atoms with Crippen LogP contribution in [0.25, 0.3) is 32.1 Å². The molecule has 9 nitrogen and oxygen atoms in total. The summed E-state index contributed by atoms with van der Waals surface area (Å²) in [6.45, 7) is 4.01. The van der Waals surface area contributed by atoms with Crippen LogP contribution in [-0.4, -0.2) is 34.7 Å². The Hall–Kier alpha value is -4.47. The van der Waals surface area contributed by atoms with Crippen molar-refractivity contribution in [3.05, 3.63) is 58.2 Å². The Morgan fingerprint density at radius 2 is 2.02 bits per heavy atom. The molecule has 2 aromatic carbocycles. The molecule has 4 heterocycles. The predicted octanol–water partition coefficient (Wildman–Crippen LogP) is 6.23. The van der Waals surface area contributed by atoms with E-state index in [2.05, 4.69) is 15.0 Å². The molecular formula is C28H22ClF2N7O2S. The highest BCUT2D eigenvalue weighted by Crippen LogP contribution is 2.51. The number of nitriles is 1. The van der Waals surface area contributed by atoms with E-state index in [1.165, 1.54) is 19.2 Å². The highest BCUT2D eigenvalue weighted by Gasteiger charge is 2.36. The molecule has 0 aliphatic carbocycles. The molecule has 0 spiro atoms. The molecule has 13 heteroatoms. The van der Waals surface area contributed by atoms with Crippen molar-refractivity contribution in [2.75, 3.05) is 30.1 Å². The van der Waals surface area contributed by atoms with Crippen molar-refractivity contribution >= 4 is 60.6 Å². The summed E-state index contributed by atoms with van der Waals surface area (Å²) in [4.78, 5) is 15.1. The zero-order valence-corrected chi connectivity index (χ0v) is 23.6. The first kappa shape index (κ1) is 26.7. The van der Waals surface area contributed by atoms with Crippen LogP contribution in [0.2, 0.25) is 5.02 Å². The Morgan fingerprint density at radius 3 is 2.73 bits per heavy atom. The average molecular weight is 594 g/mol. The molecule has 0 bridgehead atoms. The van der Waals surface area contributed by atoms with Gasteiger partial charge in [0.25, 0.3) is 0 Å². The number of hydrogen-bond donors (Lipinski definition) is 2. The zero-order valence-electron chi connectivity index (χ0n) is 22.0. The average Bonchev–Trinajstić information content (AvgIpc) is 3.22. The largest absolute Gasteiger partial charge is 0.489 e. The minimum Gasteiger partial charge on any atom is -0.489 e. The van der Waals surface area contributed by atoms with Crippen molar-refractivity contribution in [1.29, 1.82) is 5.26 Å². The maximum absolute atomic E-state index is 16.7. The van der Waals surface area contributed by atoms with Crippen LogP contribution in [0.5, 0.6) is 11.8 Å². The number of thiophene rings is 1. The van der Waals surface area contributed by atoms with Crippen molar-refractivity contribution < 1.29 is 18.3 Å². The number of aromatic nitrogens is 3. The fourth-order valence-electron chi connectivity index (χ4n) is 5.38. The molecule has 0 radical (unpaired) electrons. The zero-order chi connectivity index (χ0) is 29.2. The quantitative estimate of drug-likeness (QED) is 0.248. The van der Waals surface area contributed by atoms with Gasteiger partial charge in [-0.1, -0.05) is 23.7 Å². The van der Waals surface area contributed by atoms with Gasteiger partial charge in [0.05, 0.1) is 39.9 Å². The number of anilines is 3. The molecule has 6 rings (SSSR count). The molecule has 0 unspecified atom stereocenters. The van der Waals surface area contributed by atoms with Gasteiger partial charge < -0.3 is 25.8 Å². The first-order valence-electron chi connectivity index (χ1n) is 12.5. The summed E-state index contributed by atoms with van der Waals surface area (Å²) in [7, 11) is 1.38. The van der Waals surface area contributed by atoms with Gasteiger partial charge >= 0.3 is 6.01 Å². The molecule has 0 saturated heterocycles. The number of nitrogens with two attached hydrogens (primary N) is 2. The van der Waals surface area contributed by atoms with E-state index in [1.807, 2.05) is 30.9 Å². The van der Waals surface area contributed by atoms with Crippen LogP contribution < -0.4 is 25.8 Å². The SMILES string of the molecule is COc1nc2c3c(c(Cl)c(-c4ccc(F)c5sc(N)c(C#N)c45)c(F)c3n1)OC[C@H](C)N2[C@H](C)c1cccnc1N. The van der Waals surface area contributed by atoms with Crippen LogP contribution in [0.3, 0.4) is 0 Å². The maximum Gasteiger partial charge on any atom is 0.318 e. The molecule has 208 valence electrons. The third-order valence-electron chi connectivity index (χ3n) is 7.25. The number of nitrogen functional groups attached to an aromatic ring is 2. The van der Waals surface area contributed by atoms with Gasteiger partial charge in [-0.15, -0.1) is 11.3 Å². The highest BCUT2D eigenvalue weighted by molar-refractivity contribution is 7.23. The third kappa shape index (κ3) is 3.95. The summed E-state index contributed by atoms with van der Waals surface area (Å²) in [5.41, 5.74) is 13.0. The summed E-state index contributed by atoms with van der Waals surface area (Å²) >= 11 is 7.84. The van der Waals surface area contributed by atoms with E-state index in [4.69, 9.17) is 32.5 Å². The van der Waals surface area contributed by atoms with Crippen molar-refractivity contribution in [2.24, 2.45) is 0 Å². The number of nitrogens with zero attached hydrogens (tertiary/aromatic N) is 5. The summed E-state index contributed by atoms with van der Waals surface area (Å²) in [6, 6.07) is 7.46. The summed E-state index contributed by atoms with van der Waals surface area (Å²) in [6.07, 6.45) is 1.60. The molecule has 3 aromatic heterocycles. The van der Waals surface area contributed by atoms with Gasteiger partial charge in [0, 0.05) is 22.7 Å². The lowest BCUT2D eigenvalue weighted by molar-refractivity contribution is 0.291. The fraction of sp³-hybridized carbons (Fsp3) is 0.214. The number of hydrogen-bond acceptors (Lipinski definition) is 10. The maximum atomic E-state index is 16.7. The topological polar surface area (TPSA) is 136 Å². The van der Waals surface area contributed by atoms with Gasteiger partial charge in [0.1, 0.15) is 40.6 Å². The second kappa shape index (κ2) is 9.87. The first-order chi connectivity index (χ1) is 19.7. The molecule has 1 aliphatic rings. The van der Waals surface area contributed by atoms with E-state index in [9.17, 15) is 9.65 Å². The van der Waals surface area contributed by atoms with E-state index in [1.54, 1.807) is 12.3 Å². The smallest absolute Gasteiger partial charge is 0.318 e. The van der Waals surface area contributed by atoms with Gasteiger partial charge in [-0.05, 0) is 31.5 Å². The third-order valence-corrected chi connectivity index (χ3v) is 8.64. The molecule has 0 amide bonds. The molecule has 4 N–H and O–H groups in total. The van der Waals surface area contributed by atoms with Gasteiger partial charge in [-0.3, -0.25) is 0 Å². The standard InChI is InChI=1S/C28H22ClF2N7O2S/c1-11-10-40-23-19-22(36-28(39-3)37-27(19)38(11)12(2)13-5-4-8-35-25(13)33)21(31)18(20(23)29)14-6-7-16(30)24-17(14)15(9-32)26(34)41-24/h4-8,11-12H,10,34H2,1-3H3,(H2,33,35)/t11-,12+/m0/s1. The number of pyridine rings is 1. The highest BCUT2D eigenvalue weighted by atomic mass is 35.5. The second-order valence-electron chi connectivity index (χ2n) is 9.56. The van der Waals surface area contributed by atoms with Crippen LogP contribution in [0.4, 0.5) is 25.4 Å². The molecular weight excluding hydrogens is 572 g/mol. The van der Waals surface area contributed by atoms with Crippen LogP contribution in [0.15, 0.2) is 30.5 Å². The van der Waals surface area contributed by atoms with Gasteiger partial charge in [-0.25, -0.2) is 13.8 Å². The van der Waals surface area contributed by atoms with Crippen molar-refractivity contribution in [3.8, 4) is 29.0 Å². The summed E-state index contributed by atoms with van der Waals surface area (Å²) in [5.74, 6) is -0.581. The van der Waals surface area contributed by atoms with Crippen LogP contribution in [0, 0.1) is 23.0 Å². The Kier molecular flexibility index (Phi) is 6.43. The monoisotopic (exact) mass is 593 g/mol. The van der Waals surface area contributed by atoms with Crippen LogP contribution in [-0.2, 0) is 0 Å². The Morgan fingerprint density at radius 1 is 1.24 bits per heavy atom. The summed E-state index contributed by atoms with van der Waals surface area (Å²) < 4.78 is 43.3. The number of halogens is 3. The number of ether oxygens (including phenoxy) is 2. The van der Waals surface area contributed by atoms with E-state index >= 15 is 4.39 Å². The Balaban J connectivity index is 1.70. The van der Waals surface area contributed by atoms with E-state index < -0.39 is 11.6 Å². The molecule has 41 heavy (non-hydrogen) atoms. The minimum atomic E-state index is -0.816. The lowest BCUT2D eigenvalue weighted by Gasteiger charge is -2.35. The number of benzene rings is 2. The van der Waals surface area contributed by atoms with Crippen LogP contribution in [0.1, 0.15) is 31.0 Å². The summed E-state index contributed by atoms with van der Waals surface area (Å²) in [5, 5.41) is 10.2. The Labute approximate surface area is 241 Å². The van der Waals surface area contributed by atoms with Crippen LogP contribution >= 0.6 is 22.9 Å². The molecule has 0 fully saturated rings. The lowest BCUT2D eigenvalue weighted by atomic mass is 9.96. The minimum absolute atomic E-state index is 0.0329. The van der Waals surface area contributed by atoms with E-state index in [0.29, 0.717) is 11.6 Å². The van der Waals surface area contributed by atoms with Crippen molar-refractivity contribution in [1.82, 2.24) is 15.0 Å². The van der Waals surface area contributed by atoms with Gasteiger partial charge in [0.15, 0.2) is 11.6 Å². The lowest BCUT2D eigenvalue weighted by Crippen LogP contribution is -2.39. The van der Waals surface area contributed by atoms with Crippen molar-refractivity contribution in [3.63, 3.8) is 0 Å². The first-order valence-corrected chi connectivity index (χ1v) is 13.7. The fourth-order valence-corrected chi connectivity index (χ4v) is 6.67. The van der Waals surface area contributed by atoms with Gasteiger partial charge in [0.2, 0.25) is 0 Å². The molecule has 0 saturated carbocycles. The van der Waals surface area contributed by atoms with Gasteiger partial charge in [-0.2, -0.15) is 15.2 Å². The van der Waals surface area contributed by atoms with Crippen molar-refractivity contribution in [2.45, 2.75) is 25.9 Å².